The van der Waals surface area contributed by atoms with Crippen LogP contribution in [-0.2, 0) is 0 Å². The maximum atomic E-state index is 13.1. The molecule has 18 heavy (non-hydrogen) atoms. The molecule has 0 spiro atoms. The summed E-state index contributed by atoms with van der Waals surface area (Å²) in [7, 11) is 0. The molecule has 0 bridgehead atoms. The van der Waals surface area contributed by atoms with Crippen molar-refractivity contribution in [2.45, 2.75) is 13.0 Å². The number of hydrogen-bond donors (Lipinski definition) is 1. The Morgan fingerprint density at radius 3 is 2.78 bits per heavy atom. The van der Waals surface area contributed by atoms with E-state index in [4.69, 9.17) is 16.3 Å². The van der Waals surface area contributed by atoms with Gasteiger partial charge in [-0.2, -0.15) is 0 Å². The van der Waals surface area contributed by atoms with Crippen molar-refractivity contribution in [2.75, 3.05) is 0 Å². The Bertz CT molecular complexity index is 560. The van der Waals surface area contributed by atoms with Crippen molar-refractivity contribution >= 4 is 11.6 Å². The minimum atomic E-state index is -0.831. The quantitative estimate of drug-likeness (QED) is 0.922. The largest absolute Gasteiger partial charge is 0.455 e. The number of halogens is 2. The molecule has 5 heteroatoms. The Hall–Kier alpha value is -1.65. The Kier molecular flexibility index (Phi) is 3.79. The Labute approximate surface area is 109 Å². The zero-order chi connectivity index (χ0) is 13.1. The third-order valence-electron chi connectivity index (χ3n) is 2.33. The number of pyridine rings is 1. The highest BCUT2D eigenvalue weighted by molar-refractivity contribution is 6.30. The summed E-state index contributed by atoms with van der Waals surface area (Å²) in [6.07, 6.45) is 2.14. The summed E-state index contributed by atoms with van der Waals surface area (Å²) in [4.78, 5) is 3.88. The third-order valence-corrected chi connectivity index (χ3v) is 2.54. The number of hydrogen-bond acceptors (Lipinski definition) is 3. The van der Waals surface area contributed by atoms with E-state index in [-0.39, 0.29) is 0 Å². The zero-order valence-corrected chi connectivity index (χ0v) is 10.4. The van der Waals surface area contributed by atoms with Gasteiger partial charge in [0.25, 0.3) is 0 Å². The van der Waals surface area contributed by atoms with E-state index in [1.807, 2.05) is 0 Å². The standard InChI is InChI=1S/C13H11ClFNO2/c1-8(17)12-5-10(15)2-3-13(12)18-11-4-9(14)6-16-7-11/h2-8,17H,1H3/t8-/m0/s1. The van der Waals surface area contributed by atoms with Gasteiger partial charge in [-0.15, -0.1) is 0 Å². The summed E-state index contributed by atoms with van der Waals surface area (Å²) < 4.78 is 18.6. The van der Waals surface area contributed by atoms with Crippen LogP contribution in [0.15, 0.2) is 36.7 Å². The molecule has 1 aromatic heterocycles. The molecule has 1 heterocycles. The second-order valence-electron chi connectivity index (χ2n) is 3.80. The van der Waals surface area contributed by atoms with Crippen molar-refractivity contribution in [1.82, 2.24) is 4.98 Å². The van der Waals surface area contributed by atoms with Crippen molar-refractivity contribution in [3.8, 4) is 11.5 Å². The molecule has 0 saturated carbocycles. The van der Waals surface area contributed by atoms with Crippen LogP contribution in [0.3, 0.4) is 0 Å². The molecule has 0 aliphatic heterocycles. The van der Waals surface area contributed by atoms with Gasteiger partial charge in [-0.3, -0.25) is 4.98 Å². The maximum absolute atomic E-state index is 13.1. The van der Waals surface area contributed by atoms with Crippen molar-refractivity contribution in [3.05, 3.63) is 53.1 Å². The molecule has 0 unspecified atom stereocenters. The van der Waals surface area contributed by atoms with Gasteiger partial charge in [0, 0.05) is 17.8 Å². The molecule has 1 aromatic carbocycles. The SMILES string of the molecule is C[C@H](O)c1cc(F)ccc1Oc1cncc(Cl)c1. The molecule has 2 aromatic rings. The van der Waals surface area contributed by atoms with Crippen molar-refractivity contribution in [2.24, 2.45) is 0 Å². The van der Waals surface area contributed by atoms with Gasteiger partial charge in [-0.25, -0.2) is 4.39 Å². The summed E-state index contributed by atoms with van der Waals surface area (Å²) in [6.45, 7) is 1.54. The van der Waals surface area contributed by atoms with E-state index in [9.17, 15) is 9.50 Å². The van der Waals surface area contributed by atoms with Crippen LogP contribution in [0.2, 0.25) is 5.02 Å². The molecule has 0 saturated heterocycles. The summed E-state index contributed by atoms with van der Waals surface area (Å²) >= 11 is 5.79. The first kappa shape index (κ1) is 12.8. The molecule has 0 amide bonds. The summed E-state index contributed by atoms with van der Waals surface area (Å²) in [5, 5.41) is 10.0. The van der Waals surface area contributed by atoms with E-state index in [2.05, 4.69) is 4.98 Å². The molecule has 1 atom stereocenters. The van der Waals surface area contributed by atoms with Crippen LogP contribution >= 0.6 is 11.6 Å². The molecule has 94 valence electrons. The van der Waals surface area contributed by atoms with Crippen LogP contribution in [0.1, 0.15) is 18.6 Å². The van der Waals surface area contributed by atoms with Crippen LogP contribution in [0.4, 0.5) is 4.39 Å². The van der Waals surface area contributed by atoms with Crippen LogP contribution in [-0.4, -0.2) is 10.1 Å². The minimum absolute atomic E-state index is 0.370. The highest BCUT2D eigenvalue weighted by Crippen LogP contribution is 2.30. The molecule has 0 fully saturated rings. The molecular weight excluding hydrogens is 257 g/mol. The minimum Gasteiger partial charge on any atom is -0.455 e. The van der Waals surface area contributed by atoms with Gasteiger partial charge in [-0.05, 0) is 25.1 Å². The zero-order valence-electron chi connectivity index (χ0n) is 9.60. The molecule has 3 nitrogen and oxygen atoms in total. The molecule has 0 aliphatic rings. The number of aromatic nitrogens is 1. The molecule has 0 radical (unpaired) electrons. The second-order valence-corrected chi connectivity index (χ2v) is 4.24. The van der Waals surface area contributed by atoms with E-state index in [1.54, 1.807) is 6.07 Å². The summed E-state index contributed by atoms with van der Waals surface area (Å²) in [5.41, 5.74) is 0.370. The van der Waals surface area contributed by atoms with Crippen molar-refractivity contribution in [1.29, 1.82) is 0 Å². The first-order valence-electron chi connectivity index (χ1n) is 5.32. The number of aliphatic hydroxyl groups excluding tert-OH is 1. The van der Waals surface area contributed by atoms with E-state index in [0.29, 0.717) is 22.1 Å². The fourth-order valence-corrected chi connectivity index (χ4v) is 1.68. The number of aliphatic hydroxyl groups is 1. The monoisotopic (exact) mass is 267 g/mol. The number of ether oxygens (including phenoxy) is 1. The normalized spacial score (nSPS) is 12.2. The lowest BCUT2D eigenvalue weighted by Crippen LogP contribution is -1.97. The maximum Gasteiger partial charge on any atom is 0.147 e. The first-order chi connectivity index (χ1) is 8.56. The first-order valence-corrected chi connectivity index (χ1v) is 5.70. The number of benzene rings is 1. The van der Waals surface area contributed by atoms with E-state index in [1.165, 1.54) is 37.5 Å². The van der Waals surface area contributed by atoms with Gasteiger partial charge in [0.1, 0.15) is 17.3 Å². The van der Waals surface area contributed by atoms with Crippen LogP contribution in [0.25, 0.3) is 0 Å². The van der Waals surface area contributed by atoms with Gasteiger partial charge in [-0.1, -0.05) is 11.6 Å². The lowest BCUT2D eigenvalue weighted by atomic mass is 10.1. The number of nitrogens with zero attached hydrogens (tertiary/aromatic N) is 1. The van der Waals surface area contributed by atoms with Gasteiger partial charge in [0.2, 0.25) is 0 Å². The van der Waals surface area contributed by atoms with Crippen molar-refractivity contribution < 1.29 is 14.2 Å². The van der Waals surface area contributed by atoms with Gasteiger partial charge in [0.15, 0.2) is 0 Å². The fraction of sp³-hybridized carbons (Fsp3) is 0.154. The lowest BCUT2D eigenvalue weighted by Gasteiger charge is -2.13. The van der Waals surface area contributed by atoms with Crippen LogP contribution in [0.5, 0.6) is 11.5 Å². The topological polar surface area (TPSA) is 42.4 Å². The third kappa shape index (κ3) is 2.97. The Morgan fingerprint density at radius 2 is 2.11 bits per heavy atom. The van der Waals surface area contributed by atoms with E-state index >= 15 is 0 Å². The summed E-state index contributed by atoms with van der Waals surface area (Å²) in [6, 6.07) is 5.54. The molecule has 2 rings (SSSR count). The fourth-order valence-electron chi connectivity index (χ4n) is 1.51. The predicted octanol–water partition coefficient (Wildman–Crippen LogP) is 3.72. The van der Waals surface area contributed by atoms with E-state index < -0.39 is 11.9 Å². The Morgan fingerprint density at radius 1 is 1.33 bits per heavy atom. The highest BCUT2D eigenvalue weighted by Gasteiger charge is 2.11. The average molecular weight is 268 g/mol. The highest BCUT2D eigenvalue weighted by atomic mass is 35.5. The molecule has 1 N–H and O–H groups in total. The molecule has 0 aliphatic carbocycles. The Balaban J connectivity index is 2.34. The van der Waals surface area contributed by atoms with E-state index in [0.717, 1.165) is 0 Å². The smallest absolute Gasteiger partial charge is 0.147 e. The predicted molar refractivity (Wildman–Crippen MR) is 66.4 cm³/mol. The van der Waals surface area contributed by atoms with Gasteiger partial charge >= 0.3 is 0 Å². The average Bonchev–Trinajstić information content (AvgIpc) is 2.31. The van der Waals surface area contributed by atoms with Crippen molar-refractivity contribution in [3.63, 3.8) is 0 Å². The van der Waals surface area contributed by atoms with Crippen LogP contribution in [0, 0.1) is 5.82 Å². The summed E-state index contributed by atoms with van der Waals surface area (Å²) in [5.74, 6) is 0.369. The van der Waals surface area contributed by atoms with Gasteiger partial charge < -0.3 is 9.84 Å². The molecular formula is C13H11ClFNO2. The van der Waals surface area contributed by atoms with Gasteiger partial charge in [0.05, 0.1) is 17.3 Å². The lowest BCUT2D eigenvalue weighted by molar-refractivity contribution is 0.195. The second kappa shape index (κ2) is 5.33. The number of rotatable bonds is 3. The van der Waals surface area contributed by atoms with Crippen LogP contribution < -0.4 is 4.74 Å².